The van der Waals surface area contributed by atoms with E-state index in [4.69, 9.17) is 11.5 Å². The summed E-state index contributed by atoms with van der Waals surface area (Å²) in [6.45, 7) is 0.981. The van der Waals surface area contributed by atoms with Gasteiger partial charge in [0.25, 0.3) is 0 Å². The van der Waals surface area contributed by atoms with Gasteiger partial charge in [-0.3, -0.25) is 9.59 Å². The van der Waals surface area contributed by atoms with Crippen molar-refractivity contribution in [3.63, 3.8) is 0 Å². The van der Waals surface area contributed by atoms with E-state index in [1.165, 1.54) is 0 Å². The molecule has 1 heterocycles. The van der Waals surface area contributed by atoms with Crippen LogP contribution in [0, 0.1) is 18.3 Å². The van der Waals surface area contributed by atoms with Crippen molar-refractivity contribution in [1.29, 1.82) is 0 Å². The molecule has 1 aliphatic rings. The maximum atomic E-state index is 11.4. The SMILES string of the molecule is C#CCCCCN1CC(C(=O)O)CC1=O. The number of amides is 1. The van der Waals surface area contributed by atoms with E-state index < -0.39 is 11.9 Å². The van der Waals surface area contributed by atoms with E-state index in [-0.39, 0.29) is 12.3 Å². The van der Waals surface area contributed by atoms with E-state index in [2.05, 4.69) is 5.92 Å². The molecule has 1 fully saturated rings. The number of aliphatic carboxylic acids is 1. The molecule has 1 rings (SSSR count). The number of hydrogen-bond acceptors (Lipinski definition) is 2. The van der Waals surface area contributed by atoms with Crippen molar-refractivity contribution in [2.75, 3.05) is 13.1 Å². The molecule has 1 unspecified atom stereocenters. The topological polar surface area (TPSA) is 57.6 Å². The molecule has 4 nitrogen and oxygen atoms in total. The molecule has 1 N–H and O–H groups in total. The molecular formula is C11H15NO3. The van der Waals surface area contributed by atoms with Crippen molar-refractivity contribution in [1.82, 2.24) is 4.90 Å². The Bertz CT molecular complexity index is 293. The summed E-state index contributed by atoms with van der Waals surface area (Å²) in [5, 5.41) is 8.75. The van der Waals surface area contributed by atoms with Gasteiger partial charge >= 0.3 is 5.97 Å². The van der Waals surface area contributed by atoms with Crippen LogP contribution in [0.15, 0.2) is 0 Å². The van der Waals surface area contributed by atoms with E-state index in [1.54, 1.807) is 4.90 Å². The second-order valence-electron chi connectivity index (χ2n) is 3.74. The van der Waals surface area contributed by atoms with Gasteiger partial charge in [-0.1, -0.05) is 0 Å². The van der Waals surface area contributed by atoms with E-state index >= 15 is 0 Å². The summed E-state index contributed by atoms with van der Waals surface area (Å²) in [5.41, 5.74) is 0. The molecule has 4 heteroatoms. The summed E-state index contributed by atoms with van der Waals surface area (Å²) in [5.74, 6) is 1.08. The van der Waals surface area contributed by atoms with Crippen molar-refractivity contribution in [2.24, 2.45) is 5.92 Å². The van der Waals surface area contributed by atoms with Gasteiger partial charge < -0.3 is 10.0 Å². The van der Waals surface area contributed by atoms with Crippen molar-refractivity contribution < 1.29 is 14.7 Å². The Labute approximate surface area is 89.3 Å². The minimum absolute atomic E-state index is 0.0527. The summed E-state index contributed by atoms with van der Waals surface area (Å²) < 4.78 is 0. The van der Waals surface area contributed by atoms with Crippen LogP contribution in [0.1, 0.15) is 25.7 Å². The second kappa shape index (κ2) is 5.40. The lowest BCUT2D eigenvalue weighted by molar-refractivity contribution is -0.141. The van der Waals surface area contributed by atoms with Crippen LogP contribution >= 0.6 is 0 Å². The normalized spacial score (nSPS) is 20.3. The van der Waals surface area contributed by atoms with Crippen LogP contribution in [-0.4, -0.2) is 35.0 Å². The smallest absolute Gasteiger partial charge is 0.308 e. The van der Waals surface area contributed by atoms with Gasteiger partial charge in [-0.05, 0) is 12.8 Å². The first-order valence-electron chi connectivity index (χ1n) is 5.09. The Kier molecular flexibility index (Phi) is 4.17. The molecule has 0 saturated carbocycles. The lowest BCUT2D eigenvalue weighted by atomic mass is 10.1. The fraction of sp³-hybridized carbons (Fsp3) is 0.636. The van der Waals surface area contributed by atoms with Crippen LogP contribution in [0.2, 0.25) is 0 Å². The number of unbranched alkanes of at least 4 members (excludes halogenated alkanes) is 2. The Hall–Kier alpha value is -1.50. The quantitative estimate of drug-likeness (QED) is 0.536. The van der Waals surface area contributed by atoms with Gasteiger partial charge in [0.2, 0.25) is 5.91 Å². The van der Waals surface area contributed by atoms with Crippen LogP contribution in [0.5, 0.6) is 0 Å². The third kappa shape index (κ3) is 3.28. The number of carbonyl (C=O) groups is 2. The molecule has 1 saturated heterocycles. The number of carbonyl (C=O) groups excluding carboxylic acids is 1. The molecule has 15 heavy (non-hydrogen) atoms. The first-order valence-corrected chi connectivity index (χ1v) is 5.09. The molecule has 82 valence electrons. The van der Waals surface area contributed by atoms with Gasteiger partial charge in [-0.15, -0.1) is 12.3 Å². The highest BCUT2D eigenvalue weighted by atomic mass is 16.4. The van der Waals surface area contributed by atoms with Gasteiger partial charge in [0.05, 0.1) is 5.92 Å². The Morgan fingerprint density at radius 2 is 2.33 bits per heavy atom. The summed E-state index contributed by atoms with van der Waals surface area (Å²) in [7, 11) is 0. The van der Waals surface area contributed by atoms with E-state index in [0.717, 1.165) is 12.8 Å². The summed E-state index contributed by atoms with van der Waals surface area (Å²) >= 11 is 0. The van der Waals surface area contributed by atoms with Gasteiger partial charge in [-0.2, -0.15) is 0 Å². The third-order valence-corrected chi connectivity index (χ3v) is 2.56. The highest BCUT2D eigenvalue weighted by Gasteiger charge is 2.33. The van der Waals surface area contributed by atoms with Gasteiger partial charge in [0.1, 0.15) is 0 Å². The molecule has 1 aliphatic heterocycles. The zero-order valence-electron chi connectivity index (χ0n) is 8.61. The first kappa shape index (κ1) is 11.6. The van der Waals surface area contributed by atoms with Crippen molar-refractivity contribution in [3.05, 3.63) is 0 Å². The fourth-order valence-corrected chi connectivity index (χ4v) is 1.68. The second-order valence-corrected chi connectivity index (χ2v) is 3.74. The van der Waals surface area contributed by atoms with E-state index in [9.17, 15) is 9.59 Å². The molecule has 0 spiro atoms. The molecule has 1 atom stereocenters. The molecule has 0 aliphatic carbocycles. The number of nitrogens with zero attached hydrogens (tertiary/aromatic N) is 1. The monoisotopic (exact) mass is 209 g/mol. The number of hydrogen-bond donors (Lipinski definition) is 1. The lowest BCUT2D eigenvalue weighted by Crippen LogP contribution is -2.27. The number of likely N-dealkylation sites (tertiary alicyclic amines) is 1. The molecule has 0 aromatic heterocycles. The summed E-state index contributed by atoms with van der Waals surface area (Å²) in [6, 6.07) is 0. The molecular weight excluding hydrogens is 194 g/mol. The van der Waals surface area contributed by atoms with Crippen LogP contribution in [-0.2, 0) is 9.59 Å². The van der Waals surface area contributed by atoms with Crippen molar-refractivity contribution in [3.8, 4) is 12.3 Å². The van der Waals surface area contributed by atoms with Crippen LogP contribution < -0.4 is 0 Å². The van der Waals surface area contributed by atoms with Gasteiger partial charge in [0.15, 0.2) is 0 Å². The van der Waals surface area contributed by atoms with Crippen molar-refractivity contribution >= 4 is 11.9 Å². The standard InChI is InChI=1S/C11H15NO3/c1-2-3-4-5-6-12-8-9(11(14)15)7-10(12)13/h1,9H,3-8H2,(H,14,15). The van der Waals surface area contributed by atoms with Crippen molar-refractivity contribution in [2.45, 2.75) is 25.7 Å². The summed E-state index contributed by atoms with van der Waals surface area (Å²) in [4.78, 5) is 23.7. The number of carboxylic acids is 1. The first-order chi connectivity index (χ1) is 7.15. The maximum Gasteiger partial charge on any atom is 0.308 e. The van der Waals surface area contributed by atoms with Crippen LogP contribution in [0.4, 0.5) is 0 Å². The molecule has 0 aromatic rings. The van der Waals surface area contributed by atoms with E-state index in [0.29, 0.717) is 19.5 Å². The molecule has 0 bridgehead atoms. The zero-order chi connectivity index (χ0) is 11.3. The minimum Gasteiger partial charge on any atom is -0.481 e. The predicted octanol–water partition coefficient (Wildman–Crippen LogP) is 0.723. The zero-order valence-corrected chi connectivity index (χ0v) is 8.61. The number of terminal acetylenes is 1. The van der Waals surface area contributed by atoms with E-state index in [1.807, 2.05) is 0 Å². The molecule has 0 aromatic carbocycles. The molecule has 1 amide bonds. The van der Waals surface area contributed by atoms with Gasteiger partial charge in [0, 0.05) is 25.9 Å². The predicted molar refractivity (Wildman–Crippen MR) is 55.0 cm³/mol. The number of rotatable bonds is 5. The Morgan fingerprint density at radius 3 is 2.87 bits per heavy atom. The highest BCUT2D eigenvalue weighted by Crippen LogP contribution is 2.18. The number of carboxylic acid groups (broad SMARTS) is 1. The Balaban J connectivity index is 2.29. The summed E-state index contributed by atoms with van der Waals surface area (Å²) in [6.07, 6.45) is 7.70. The molecule has 0 radical (unpaired) electrons. The largest absolute Gasteiger partial charge is 0.481 e. The fourth-order valence-electron chi connectivity index (χ4n) is 1.68. The lowest BCUT2D eigenvalue weighted by Gasteiger charge is -2.15. The average Bonchev–Trinajstić information content (AvgIpc) is 2.55. The minimum atomic E-state index is -0.880. The third-order valence-electron chi connectivity index (χ3n) is 2.56. The van der Waals surface area contributed by atoms with Crippen LogP contribution in [0.3, 0.4) is 0 Å². The Morgan fingerprint density at radius 1 is 1.60 bits per heavy atom. The highest BCUT2D eigenvalue weighted by molar-refractivity contribution is 5.86. The average molecular weight is 209 g/mol. The maximum absolute atomic E-state index is 11.4. The van der Waals surface area contributed by atoms with Crippen LogP contribution in [0.25, 0.3) is 0 Å². The van der Waals surface area contributed by atoms with Gasteiger partial charge in [-0.25, -0.2) is 0 Å².